The number of benzene rings is 1. The van der Waals surface area contributed by atoms with Gasteiger partial charge >= 0.3 is 0 Å². The van der Waals surface area contributed by atoms with E-state index < -0.39 is 9.84 Å². The van der Waals surface area contributed by atoms with Gasteiger partial charge in [-0.1, -0.05) is 18.2 Å². The van der Waals surface area contributed by atoms with Crippen molar-refractivity contribution < 1.29 is 17.9 Å². The molecule has 0 spiro atoms. The molecule has 2 unspecified atom stereocenters. The molecule has 2 fully saturated rings. The lowest BCUT2D eigenvalue weighted by Crippen LogP contribution is -2.49. The van der Waals surface area contributed by atoms with Crippen molar-refractivity contribution in [2.75, 3.05) is 13.7 Å². The minimum Gasteiger partial charge on any atom is -0.384 e. The molecule has 2 aliphatic heterocycles. The maximum atomic E-state index is 12.8. The highest BCUT2D eigenvalue weighted by Gasteiger charge is 2.46. The number of rotatable bonds is 5. The fourth-order valence-electron chi connectivity index (χ4n) is 3.91. The maximum absolute atomic E-state index is 12.8. The second-order valence-electron chi connectivity index (χ2n) is 6.38. The zero-order valence-electron chi connectivity index (χ0n) is 13.3. The highest BCUT2D eigenvalue weighted by Crippen LogP contribution is 2.40. The Hall–Kier alpha value is -1.40. The van der Waals surface area contributed by atoms with Crippen LogP contribution < -0.4 is 0 Å². The molecule has 23 heavy (non-hydrogen) atoms. The van der Waals surface area contributed by atoms with E-state index in [0.717, 1.165) is 12.8 Å². The van der Waals surface area contributed by atoms with Crippen molar-refractivity contribution in [1.82, 2.24) is 4.90 Å². The van der Waals surface area contributed by atoms with Crippen molar-refractivity contribution >= 4 is 15.7 Å². The van der Waals surface area contributed by atoms with Crippen LogP contribution in [0, 0.1) is 0 Å². The van der Waals surface area contributed by atoms with Gasteiger partial charge in [0, 0.05) is 19.2 Å². The van der Waals surface area contributed by atoms with Crippen LogP contribution in [0.25, 0.3) is 0 Å². The van der Waals surface area contributed by atoms with Crippen molar-refractivity contribution in [1.29, 1.82) is 0 Å². The van der Waals surface area contributed by atoms with E-state index in [2.05, 4.69) is 0 Å². The third-order valence-electron chi connectivity index (χ3n) is 5.01. The zero-order chi connectivity index (χ0) is 16.4. The van der Waals surface area contributed by atoms with Crippen LogP contribution in [0.3, 0.4) is 0 Å². The maximum Gasteiger partial charge on any atom is 0.225 e. The van der Waals surface area contributed by atoms with Gasteiger partial charge < -0.3 is 9.64 Å². The number of carbonyl (C=O) groups excluding carboxylic acids is 1. The molecule has 2 heterocycles. The van der Waals surface area contributed by atoms with E-state index in [0.29, 0.717) is 30.8 Å². The first kappa shape index (κ1) is 16.5. The second kappa shape index (κ2) is 6.61. The van der Waals surface area contributed by atoms with Crippen LogP contribution in [0.2, 0.25) is 0 Å². The van der Waals surface area contributed by atoms with Gasteiger partial charge in [-0.15, -0.1) is 0 Å². The van der Waals surface area contributed by atoms with Gasteiger partial charge in [0.2, 0.25) is 5.91 Å². The van der Waals surface area contributed by atoms with Crippen LogP contribution >= 0.6 is 0 Å². The number of hydrogen-bond donors (Lipinski definition) is 0. The average molecular weight is 337 g/mol. The van der Waals surface area contributed by atoms with Crippen LogP contribution in [0.5, 0.6) is 0 Å². The van der Waals surface area contributed by atoms with Gasteiger partial charge in [-0.2, -0.15) is 0 Å². The Bertz CT molecular complexity index is 644. The number of sulfone groups is 1. The third kappa shape index (κ3) is 3.15. The van der Waals surface area contributed by atoms with Crippen LogP contribution in [0.4, 0.5) is 0 Å². The predicted octanol–water partition coefficient (Wildman–Crippen LogP) is 2.02. The summed E-state index contributed by atoms with van der Waals surface area (Å²) in [6, 6.07) is 8.76. The summed E-state index contributed by atoms with van der Waals surface area (Å²) in [6.07, 6.45) is 3.28. The van der Waals surface area contributed by atoms with Gasteiger partial charge in [0.05, 0.1) is 23.2 Å². The summed E-state index contributed by atoms with van der Waals surface area (Å²) in [5.41, 5.74) is 0. The standard InChI is InChI=1S/C17H23NO4S/c1-22-10-9-17(19)18-13-7-8-14(18)12-16(11-13)23(20,21)15-5-3-2-4-6-15/h2-6,13-14,16H,7-12H2,1H3. The largest absolute Gasteiger partial charge is 0.384 e. The lowest BCUT2D eigenvalue weighted by Gasteiger charge is -2.38. The molecule has 1 amide bonds. The minimum atomic E-state index is -3.32. The molecule has 2 saturated heterocycles. The molecule has 2 aliphatic rings. The van der Waals surface area contributed by atoms with Crippen molar-refractivity contribution in [3.8, 4) is 0 Å². The Morgan fingerprint density at radius 3 is 2.35 bits per heavy atom. The number of ether oxygens (including phenoxy) is 1. The molecule has 6 heteroatoms. The molecular formula is C17H23NO4S. The number of methoxy groups -OCH3 is 1. The van der Waals surface area contributed by atoms with E-state index in [4.69, 9.17) is 4.74 Å². The van der Waals surface area contributed by atoms with E-state index in [1.165, 1.54) is 0 Å². The van der Waals surface area contributed by atoms with E-state index in [9.17, 15) is 13.2 Å². The van der Waals surface area contributed by atoms with Crippen LogP contribution in [-0.4, -0.2) is 50.3 Å². The monoisotopic (exact) mass is 337 g/mol. The number of fused-ring (bicyclic) bond motifs is 2. The minimum absolute atomic E-state index is 0.0570. The highest BCUT2D eigenvalue weighted by atomic mass is 32.2. The van der Waals surface area contributed by atoms with E-state index in [1.807, 2.05) is 11.0 Å². The number of nitrogens with zero attached hydrogens (tertiary/aromatic N) is 1. The molecule has 1 aromatic carbocycles. The van der Waals surface area contributed by atoms with E-state index >= 15 is 0 Å². The molecule has 5 nitrogen and oxygen atoms in total. The van der Waals surface area contributed by atoms with Gasteiger partial charge in [-0.3, -0.25) is 4.79 Å². The quantitative estimate of drug-likeness (QED) is 0.824. The van der Waals surface area contributed by atoms with Crippen molar-refractivity contribution in [2.24, 2.45) is 0 Å². The van der Waals surface area contributed by atoms with Crippen LogP contribution in [0.1, 0.15) is 32.1 Å². The third-order valence-corrected chi connectivity index (χ3v) is 7.20. The number of piperidine rings is 1. The summed E-state index contributed by atoms with van der Waals surface area (Å²) in [5.74, 6) is 0.0925. The summed E-state index contributed by atoms with van der Waals surface area (Å²) < 4.78 is 30.6. The molecule has 0 saturated carbocycles. The molecule has 0 N–H and O–H groups in total. The first-order chi connectivity index (χ1) is 11.0. The Balaban J connectivity index is 1.75. The lowest BCUT2D eigenvalue weighted by molar-refractivity contribution is -0.136. The van der Waals surface area contributed by atoms with Gasteiger partial charge in [-0.25, -0.2) is 8.42 Å². The molecule has 2 atom stereocenters. The topological polar surface area (TPSA) is 63.7 Å². The number of hydrogen-bond acceptors (Lipinski definition) is 4. The van der Waals surface area contributed by atoms with E-state index in [-0.39, 0.29) is 23.2 Å². The Morgan fingerprint density at radius 2 is 1.78 bits per heavy atom. The lowest BCUT2D eigenvalue weighted by atomic mass is 10.0. The molecule has 3 rings (SSSR count). The van der Waals surface area contributed by atoms with Crippen LogP contribution in [-0.2, 0) is 19.4 Å². The Labute approximate surface area is 137 Å². The smallest absolute Gasteiger partial charge is 0.225 e. The fourth-order valence-corrected chi connectivity index (χ4v) is 5.78. The first-order valence-corrected chi connectivity index (χ1v) is 9.67. The highest BCUT2D eigenvalue weighted by molar-refractivity contribution is 7.92. The van der Waals surface area contributed by atoms with Gasteiger partial charge in [0.25, 0.3) is 0 Å². The Morgan fingerprint density at radius 1 is 1.17 bits per heavy atom. The number of amides is 1. The summed E-state index contributed by atoms with van der Waals surface area (Å²) >= 11 is 0. The van der Waals surface area contributed by atoms with E-state index in [1.54, 1.807) is 31.4 Å². The van der Waals surface area contributed by atoms with Crippen molar-refractivity contribution in [3.05, 3.63) is 30.3 Å². The Kier molecular flexibility index (Phi) is 4.73. The van der Waals surface area contributed by atoms with Crippen molar-refractivity contribution in [2.45, 2.75) is 54.3 Å². The second-order valence-corrected chi connectivity index (χ2v) is 8.61. The molecule has 2 bridgehead atoms. The number of carbonyl (C=O) groups is 1. The predicted molar refractivity (Wildman–Crippen MR) is 86.8 cm³/mol. The van der Waals surface area contributed by atoms with Gasteiger partial charge in [0.1, 0.15) is 0 Å². The molecule has 126 valence electrons. The molecule has 0 aromatic heterocycles. The van der Waals surface area contributed by atoms with Crippen molar-refractivity contribution in [3.63, 3.8) is 0 Å². The van der Waals surface area contributed by atoms with Crippen LogP contribution in [0.15, 0.2) is 35.2 Å². The molecule has 0 aliphatic carbocycles. The molecule has 1 aromatic rings. The summed E-state index contributed by atoms with van der Waals surface area (Å²) in [5, 5.41) is -0.381. The van der Waals surface area contributed by atoms with Gasteiger partial charge in [0.15, 0.2) is 9.84 Å². The summed E-state index contributed by atoms with van der Waals surface area (Å²) in [6.45, 7) is 0.417. The zero-order valence-corrected chi connectivity index (χ0v) is 14.2. The normalized spacial score (nSPS) is 27.2. The first-order valence-electron chi connectivity index (χ1n) is 8.13. The average Bonchev–Trinajstić information content (AvgIpc) is 2.83. The summed E-state index contributed by atoms with van der Waals surface area (Å²) in [4.78, 5) is 14.7. The fraction of sp³-hybridized carbons (Fsp3) is 0.588. The summed E-state index contributed by atoms with van der Waals surface area (Å²) in [7, 11) is -1.73. The molecule has 0 radical (unpaired) electrons. The van der Waals surface area contributed by atoms with Gasteiger partial charge in [-0.05, 0) is 37.8 Å². The molecular weight excluding hydrogens is 314 g/mol. The SMILES string of the molecule is COCCC(=O)N1C2CCC1CC(S(=O)(=O)c1ccccc1)C2.